The number of carbonyl (C=O) groups excluding carboxylic acids is 1. The number of halogens is 3. The van der Waals surface area contributed by atoms with E-state index in [9.17, 15) is 26.4 Å². The summed E-state index contributed by atoms with van der Waals surface area (Å²) in [6.45, 7) is 1.92. The van der Waals surface area contributed by atoms with Crippen LogP contribution in [0.2, 0.25) is 0 Å². The molecule has 3 rings (SSSR count). The number of nitrogens with zero attached hydrogens (tertiary/aromatic N) is 3. The average Bonchev–Trinajstić information content (AvgIpc) is 3.18. The first kappa shape index (κ1) is 21.1. The predicted octanol–water partition coefficient (Wildman–Crippen LogP) is 1.71. The third-order valence-electron chi connectivity index (χ3n) is 5.35. The van der Waals surface area contributed by atoms with Crippen LogP contribution in [0.5, 0.6) is 0 Å². The van der Waals surface area contributed by atoms with Crippen LogP contribution in [0.4, 0.5) is 13.2 Å². The van der Waals surface area contributed by atoms with Gasteiger partial charge in [0.15, 0.2) is 5.69 Å². The zero-order valence-corrected chi connectivity index (χ0v) is 16.6. The molecule has 11 heteroatoms. The zero-order valence-electron chi connectivity index (χ0n) is 15.8. The Labute approximate surface area is 162 Å². The maximum atomic E-state index is 13.1. The van der Waals surface area contributed by atoms with Crippen molar-refractivity contribution in [3.8, 4) is 0 Å². The van der Waals surface area contributed by atoms with E-state index >= 15 is 0 Å². The van der Waals surface area contributed by atoms with Gasteiger partial charge in [-0.05, 0) is 39.0 Å². The van der Waals surface area contributed by atoms with Crippen LogP contribution in [-0.2, 0) is 40.4 Å². The highest BCUT2D eigenvalue weighted by Gasteiger charge is 2.40. The van der Waals surface area contributed by atoms with Crippen LogP contribution in [0.1, 0.15) is 49.6 Å². The number of amides is 1. The van der Waals surface area contributed by atoms with Gasteiger partial charge in [-0.25, -0.2) is 8.42 Å². The van der Waals surface area contributed by atoms with Crippen LogP contribution in [0, 0.1) is 0 Å². The molecule has 0 unspecified atom stereocenters. The molecule has 0 bridgehead atoms. The molecule has 7 nitrogen and oxygen atoms in total. The summed E-state index contributed by atoms with van der Waals surface area (Å²) in [7, 11) is -3.48. The molecule has 1 aliphatic heterocycles. The van der Waals surface area contributed by atoms with Gasteiger partial charge in [0.25, 0.3) is 0 Å². The van der Waals surface area contributed by atoms with Gasteiger partial charge >= 0.3 is 6.18 Å². The Hall–Kier alpha value is -1.62. The quantitative estimate of drug-likeness (QED) is 0.757. The predicted molar refractivity (Wildman–Crippen MR) is 96.1 cm³/mol. The minimum atomic E-state index is -4.55. The lowest BCUT2D eigenvalue weighted by atomic mass is 10.1. The standard InChI is InChI=1S/C17H25F3N4O3S/c1-12-5-2-3-9-24(12)28(26,27)10-8-21-15(25)11-23-14-7-4-6-13(14)16(22-23)17(18,19)20/h12H,2-11H2,1H3,(H,21,25)/t12-/m1/s1. The Balaban J connectivity index is 1.57. The molecule has 28 heavy (non-hydrogen) atoms. The Kier molecular flexibility index (Phi) is 6.04. The van der Waals surface area contributed by atoms with E-state index in [1.165, 1.54) is 4.31 Å². The normalized spacial score (nSPS) is 20.9. The molecule has 0 saturated carbocycles. The Bertz CT molecular complexity index is 835. The number of hydrogen-bond donors (Lipinski definition) is 1. The van der Waals surface area contributed by atoms with E-state index in [1.54, 1.807) is 0 Å². The van der Waals surface area contributed by atoms with Crippen molar-refractivity contribution < 1.29 is 26.4 Å². The number of rotatable bonds is 6. The summed E-state index contributed by atoms with van der Waals surface area (Å²) < 4.78 is 66.7. The van der Waals surface area contributed by atoms with E-state index in [-0.39, 0.29) is 30.4 Å². The van der Waals surface area contributed by atoms with Crippen molar-refractivity contribution >= 4 is 15.9 Å². The number of sulfonamides is 1. The van der Waals surface area contributed by atoms with Crippen LogP contribution in [0.15, 0.2) is 0 Å². The zero-order chi connectivity index (χ0) is 20.5. The van der Waals surface area contributed by atoms with Crippen molar-refractivity contribution in [2.24, 2.45) is 0 Å². The maximum absolute atomic E-state index is 13.1. The molecule has 1 atom stereocenters. The highest BCUT2D eigenvalue weighted by atomic mass is 32.2. The van der Waals surface area contributed by atoms with Crippen molar-refractivity contribution in [1.82, 2.24) is 19.4 Å². The molecule has 2 heterocycles. The lowest BCUT2D eigenvalue weighted by molar-refractivity contribution is -0.142. The van der Waals surface area contributed by atoms with E-state index in [0.717, 1.165) is 23.9 Å². The molecule has 1 aromatic rings. The highest BCUT2D eigenvalue weighted by Crippen LogP contribution is 2.36. The highest BCUT2D eigenvalue weighted by molar-refractivity contribution is 7.89. The fourth-order valence-electron chi connectivity index (χ4n) is 3.98. The number of carbonyl (C=O) groups is 1. The van der Waals surface area contributed by atoms with Crippen molar-refractivity contribution in [3.63, 3.8) is 0 Å². The molecule has 1 amide bonds. The second-order valence-corrected chi connectivity index (χ2v) is 9.45. The Morgan fingerprint density at radius 1 is 1.25 bits per heavy atom. The number of alkyl halides is 3. The van der Waals surface area contributed by atoms with Gasteiger partial charge in [0.2, 0.25) is 15.9 Å². The molecule has 1 fully saturated rings. The fraction of sp³-hybridized carbons (Fsp3) is 0.765. The maximum Gasteiger partial charge on any atom is 0.435 e. The van der Waals surface area contributed by atoms with Crippen LogP contribution in [0.25, 0.3) is 0 Å². The smallest absolute Gasteiger partial charge is 0.353 e. The Morgan fingerprint density at radius 3 is 2.68 bits per heavy atom. The molecular weight excluding hydrogens is 397 g/mol. The lowest BCUT2D eigenvalue weighted by Crippen LogP contribution is -2.45. The van der Waals surface area contributed by atoms with E-state index < -0.39 is 27.8 Å². The molecule has 1 N–H and O–H groups in total. The van der Waals surface area contributed by atoms with Crippen molar-refractivity contribution in [3.05, 3.63) is 17.0 Å². The summed E-state index contributed by atoms with van der Waals surface area (Å²) in [5, 5.41) is 6.08. The second kappa shape index (κ2) is 8.02. The van der Waals surface area contributed by atoms with E-state index in [1.807, 2.05) is 6.92 Å². The minimum Gasteiger partial charge on any atom is -0.353 e. The molecule has 1 saturated heterocycles. The molecule has 0 radical (unpaired) electrons. The number of hydrogen-bond acceptors (Lipinski definition) is 4. The third-order valence-corrected chi connectivity index (χ3v) is 7.33. The average molecular weight is 422 g/mol. The summed E-state index contributed by atoms with van der Waals surface area (Å²) in [6, 6.07) is -0.0538. The van der Waals surface area contributed by atoms with Crippen LogP contribution in [0.3, 0.4) is 0 Å². The lowest BCUT2D eigenvalue weighted by Gasteiger charge is -2.32. The first-order valence-electron chi connectivity index (χ1n) is 9.51. The SMILES string of the molecule is C[C@@H]1CCCCN1S(=O)(=O)CCNC(=O)Cn1nc(C(F)(F)F)c2c1CCC2. The molecule has 1 aromatic heterocycles. The van der Waals surface area contributed by atoms with Gasteiger partial charge in [0.05, 0.1) is 5.75 Å². The summed E-state index contributed by atoms with van der Waals surface area (Å²) in [4.78, 5) is 12.1. The van der Waals surface area contributed by atoms with Crippen molar-refractivity contribution in [1.29, 1.82) is 0 Å². The monoisotopic (exact) mass is 422 g/mol. The molecular formula is C17H25F3N4O3S. The summed E-state index contributed by atoms with van der Waals surface area (Å²) in [5.74, 6) is -0.776. The number of piperidine rings is 1. The number of fused-ring (bicyclic) bond motifs is 1. The first-order chi connectivity index (χ1) is 13.1. The molecule has 0 aromatic carbocycles. The van der Waals surface area contributed by atoms with Gasteiger partial charge in [0, 0.05) is 30.4 Å². The topological polar surface area (TPSA) is 84.3 Å². The molecule has 1 aliphatic carbocycles. The number of nitrogens with one attached hydrogen (secondary N) is 1. The molecule has 158 valence electrons. The summed E-state index contributed by atoms with van der Waals surface area (Å²) in [6.07, 6.45) is -0.554. The molecule has 0 spiro atoms. The minimum absolute atomic E-state index is 0.0538. The van der Waals surface area contributed by atoms with Crippen molar-refractivity contribution in [2.45, 2.75) is 64.2 Å². The van der Waals surface area contributed by atoms with E-state index in [4.69, 9.17) is 0 Å². The summed E-state index contributed by atoms with van der Waals surface area (Å²) in [5.41, 5.74) is -0.311. The van der Waals surface area contributed by atoms with Gasteiger partial charge < -0.3 is 5.32 Å². The molecule has 2 aliphatic rings. The van der Waals surface area contributed by atoms with Gasteiger partial charge in [-0.2, -0.15) is 22.6 Å². The van der Waals surface area contributed by atoms with Gasteiger partial charge in [-0.15, -0.1) is 0 Å². The van der Waals surface area contributed by atoms with Gasteiger partial charge in [0.1, 0.15) is 6.54 Å². The second-order valence-electron chi connectivity index (χ2n) is 7.40. The van der Waals surface area contributed by atoms with Crippen LogP contribution < -0.4 is 5.32 Å². The van der Waals surface area contributed by atoms with Gasteiger partial charge in [-0.3, -0.25) is 9.48 Å². The van der Waals surface area contributed by atoms with Crippen LogP contribution >= 0.6 is 0 Å². The Morgan fingerprint density at radius 2 is 2.00 bits per heavy atom. The number of aromatic nitrogens is 2. The van der Waals surface area contributed by atoms with Crippen molar-refractivity contribution in [2.75, 3.05) is 18.8 Å². The first-order valence-corrected chi connectivity index (χ1v) is 11.1. The van der Waals surface area contributed by atoms with Gasteiger partial charge in [-0.1, -0.05) is 6.42 Å². The van der Waals surface area contributed by atoms with E-state index in [2.05, 4.69) is 10.4 Å². The fourth-order valence-corrected chi connectivity index (χ4v) is 5.64. The van der Waals surface area contributed by atoms with Crippen LogP contribution in [-0.4, -0.2) is 53.3 Å². The van der Waals surface area contributed by atoms with E-state index in [0.29, 0.717) is 31.5 Å². The largest absolute Gasteiger partial charge is 0.435 e. The third kappa shape index (κ3) is 4.51. The summed E-state index contributed by atoms with van der Waals surface area (Å²) >= 11 is 0.